The summed E-state index contributed by atoms with van der Waals surface area (Å²) in [7, 11) is 0. The molecule has 6 aromatic rings. The Hall–Kier alpha value is -5.52. The van der Waals surface area contributed by atoms with Crippen molar-refractivity contribution in [2.45, 2.75) is 6.61 Å². The Balaban J connectivity index is 1.46. The van der Waals surface area contributed by atoms with Crippen molar-refractivity contribution >= 4 is 62.9 Å². The summed E-state index contributed by atoms with van der Waals surface area (Å²) in [4.78, 5) is 40.8. The zero-order valence-electron chi connectivity index (χ0n) is 22.3. The minimum Gasteiger partial charge on any atom is -0.481 e. The van der Waals surface area contributed by atoms with E-state index in [1.165, 1.54) is 36.5 Å². The van der Waals surface area contributed by atoms with Gasteiger partial charge in [-0.25, -0.2) is 9.78 Å². The number of carboxylic acid groups (broad SMARTS) is 1. The number of hydrogen-bond acceptors (Lipinski definition) is 8. The maximum absolute atomic E-state index is 13.7. The van der Waals surface area contributed by atoms with E-state index < -0.39 is 22.1 Å². The molecule has 0 spiro atoms. The molecule has 0 saturated heterocycles. The molecule has 1 N–H and O–H groups in total. The van der Waals surface area contributed by atoms with E-state index in [2.05, 4.69) is 10.1 Å². The number of carbonyl (C=O) groups is 1. The number of carboxylic acids is 1. The van der Waals surface area contributed by atoms with Crippen LogP contribution in [-0.4, -0.2) is 31.9 Å². The molecule has 218 valence electrons. The minimum atomic E-state index is -1.09. The van der Waals surface area contributed by atoms with E-state index in [1.54, 1.807) is 48.5 Å². The molecule has 44 heavy (non-hydrogen) atoms. The Labute approximate surface area is 257 Å². The summed E-state index contributed by atoms with van der Waals surface area (Å²) >= 11 is 12.4. The Bertz CT molecular complexity index is 2190. The average Bonchev–Trinajstić information content (AvgIpc) is 3.43. The first-order chi connectivity index (χ1) is 21.2. The van der Waals surface area contributed by atoms with Crippen molar-refractivity contribution in [2.75, 3.05) is 0 Å². The van der Waals surface area contributed by atoms with Crippen molar-refractivity contribution < 1.29 is 24.0 Å². The normalized spacial score (nSPS) is 11.4. The largest absolute Gasteiger partial charge is 0.481 e. The van der Waals surface area contributed by atoms with Gasteiger partial charge in [0.25, 0.3) is 5.56 Å². The smallest absolute Gasteiger partial charge is 0.335 e. The van der Waals surface area contributed by atoms with Crippen LogP contribution in [0.2, 0.25) is 10.0 Å². The SMILES string of the molecule is O=C(O)c1ccc(COc2c(C=Nn3c(-c4cc5cc(Cl)ccc5o4)nc4ccccc4c3=O)cc(Cl)cc2[N+](=O)[O-])cc1. The van der Waals surface area contributed by atoms with E-state index >= 15 is 0 Å². The highest BCUT2D eigenvalue weighted by atomic mass is 35.5. The topological polar surface area (TPSA) is 150 Å². The van der Waals surface area contributed by atoms with Crippen molar-refractivity contribution in [3.63, 3.8) is 0 Å². The third-order valence-corrected chi connectivity index (χ3v) is 7.06. The molecule has 0 bridgehead atoms. The number of nitrogens with zero attached hydrogens (tertiary/aromatic N) is 4. The molecule has 0 aliphatic heterocycles. The van der Waals surface area contributed by atoms with Crippen LogP contribution in [0, 0.1) is 10.1 Å². The average molecular weight is 629 g/mol. The second-order valence-corrected chi connectivity index (χ2v) is 10.4. The van der Waals surface area contributed by atoms with Crippen LogP contribution in [0.4, 0.5) is 5.69 Å². The number of rotatable bonds is 8. The highest BCUT2D eigenvalue weighted by Crippen LogP contribution is 2.35. The van der Waals surface area contributed by atoms with Gasteiger partial charge >= 0.3 is 11.7 Å². The zero-order valence-corrected chi connectivity index (χ0v) is 23.8. The van der Waals surface area contributed by atoms with Gasteiger partial charge in [-0.1, -0.05) is 47.5 Å². The lowest BCUT2D eigenvalue weighted by atomic mass is 10.1. The molecule has 0 aliphatic carbocycles. The maximum Gasteiger partial charge on any atom is 0.335 e. The van der Waals surface area contributed by atoms with Crippen molar-refractivity contribution in [3.05, 3.63) is 132 Å². The molecule has 0 fully saturated rings. The van der Waals surface area contributed by atoms with E-state index in [-0.39, 0.29) is 45.5 Å². The van der Waals surface area contributed by atoms with E-state index in [9.17, 15) is 19.7 Å². The second kappa shape index (κ2) is 11.6. The Morgan fingerprint density at radius 3 is 2.57 bits per heavy atom. The van der Waals surface area contributed by atoms with Gasteiger partial charge in [0.05, 0.1) is 27.6 Å². The van der Waals surface area contributed by atoms with Gasteiger partial charge in [-0.05, 0) is 60.2 Å². The Morgan fingerprint density at radius 2 is 1.82 bits per heavy atom. The van der Waals surface area contributed by atoms with Crippen LogP contribution in [0.5, 0.6) is 5.75 Å². The van der Waals surface area contributed by atoms with Gasteiger partial charge in [0.2, 0.25) is 11.6 Å². The molecule has 0 amide bonds. The molecule has 0 saturated carbocycles. The van der Waals surface area contributed by atoms with Crippen molar-refractivity contribution in [3.8, 4) is 17.3 Å². The third-order valence-electron chi connectivity index (χ3n) is 6.61. The van der Waals surface area contributed by atoms with Crippen molar-refractivity contribution in [2.24, 2.45) is 5.10 Å². The van der Waals surface area contributed by atoms with Gasteiger partial charge in [0, 0.05) is 27.1 Å². The fourth-order valence-electron chi connectivity index (χ4n) is 4.52. The van der Waals surface area contributed by atoms with Crippen LogP contribution >= 0.6 is 23.2 Å². The highest BCUT2D eigenvalue weighted by Gasteiger charge is 2.22. The monoisotopic (exact) mass is 628 g/mol. The standard InChI is InChI=1S/C31H18Cl2N4O7/c32-21-9-10-26-19(11-21)13-27(44-26)29-35-24-4-2-1-3-23(24)30(38)36(29)34-15-20-12-22(33)14-25(37(41)42)28(20)43-16-17-5-7-18(8-6-17)31(39)40/h1-15H,16H2,(H,39,40). The molecule has 2 heterocycles. The second-order valence-electron chi connectivity index (χ2n) is 9.50. The number of aromatic nitrogens is 2. The molecular formula is C31H18Cl2N4O7. The van der Waals surface area contributed by atoms with Crippen LogP contribution in [0.25, 0.3) is 33.5 Å². The number of fused-ring (bicyclic) bond motifs is 2. The van der Waals surface area contributed by atoms with Crippen LogP contribution in [0.3, 0.4) is 0 Å². The first-order valence-electron chi connectivity index (χ1n) is 12.9. The summed E-state index contributed by atoms with van der Waals surface area (Å²) in [5, 5.41) is 27.0. The maximum atomic E-state index is 13.7. The van der Waals surface area contributed by atoms with E-state index in [1.807, 2.05) is 0 Å². The van der Waals surface area contributed by atoms with Gasteiger partial charge in [-0.3, -0.25) is 14.9 Å². The van der Waals surface area contributed by atoms with E-state index in [4.69, 9.17) is 37.5 Å². The summed E-state index contributed by atoms with van der Waals surface area (Å²) in [5.41, 5.74) is 0.723. The predicted molar refractivity (Wildman–Crippen MR) is 165 cm³/mol. The molecule has 13 heteroatoms. The molecule has 6 rings (SSSR count). The van der Waals surface area contributed by atoms with Crippen LogP contribution in [0.1, 0.15) is 21.5 Å². The summed E-state index contributed by atoms with van der Waals surface area (Å²) in [5.74, 6) is -0.934. The van der Waals surface area contributed by atoms with E-state index in [0.29, 0.717) is 27.1 Å². The summed E-state index contributed by atoms with van der Waals surface area (Å²) in [6, 6.07) is 21.9. The Kier molecular flexibility index (Phi) is 7.56. The zero-order chi connectivity index (χ0) is 31.0. The van der Waals surface area contributed by atoms with Crippen LogP contribution in [0.15, 0.2) is 99.2 Å². The number of furan rings is 1. The number of halogens is 2. The molecule has 0 radical (unpaired) electrons. The number of hydrogen-bond donors (Lipinski definition) is 1. The predicted octanol–water partition coefficient (Wildman–Crippen LogP) is 7.18. The first-order valence-corrected chi connectivity index (χ1v) is 13.6. The molecule has 0 unspecified atom stereocenters. The summed E-state index contributed by atoms with van der Waals surface area (Å²) in [6.07, 6.45) is 1.21. The highest BCUT2D eigenvalue weighted by molar-refractivity contribution is 6.31. The molecular weight excluding hydrogens is 611 g/mol. The summed E-state index contributed by atoms with van der Waals surface area (Å²) in [6.45, 7) is -0.131. The first kappa shape index (κ1) is 28.6. The van der Waals surface area contributed by atoms with Gasteiger partial charge in [0.1, 0.15) is 12.2 Å². The fourth-order valence-corrected chi connectivity index (χ4v) is 4.92. The lowest BCUT2D eigenvalue weighted by Crippen LogP contribution is -2.20. The quantitative estimate of drug-likeness (QED) is 0.106. The Morgan fingerprint density at radius 1 is 1.05 bits per heavy atom. The third kappa shape index (κ3) is 5.61. The van der Waals surface area contributed by atoms with Gasteiger partial charge in [-0.2, -0.15) is 9.78 Å². The number of para-hydroxylation sites is 1. The van der Waals surface area contributed by atoms with Crippen molar-refractivity contribution in [1.29, 1.82) is 0 Å². The number of nitro groups is 1. The van der Waals surface area contributed by atoms with Gasteiger partial charge < -0.3 is 14.3 Å². The van der Waals surface area contributed by atoms with Crippen molar-refractivity contribution in [1.82, 2.24) is 9.66 Å². The number of nitro benzene ring substituents is 1. The number of ether oxygens (including phenoxy) is 1. The van der Waals surface area contributed by atoms with Crippen LogP contribution < -0.4 is 10.3 Å². The number of benzene rings is 4. The molecule has 11 nitrogen and oxygen atoms in total. The van der Waals surface area contributed by atoms with Gasteiger partial charge in [-0.15, -0.1) is 0 Å². The molecule has 0 atom stereocenters. The molecule has 4 aromatic carbocycles. The lowest BCUT2D eigenvalue weighted by molar-refractivity contribution is -0.385. The van der Waals surface area contributed by atoms with E-state index in [0.717, 1.165) is 10.7 Å². The summed E-state index contributed by atoms with van der Waals surface area (Å²) < 4.78 is 12.9. The number of aromatic carboxylic acids is 1. The molecule has 0 aliphatic rings. The van der Waals surface area contributed by atoms with Crippen LogP contribution in [-0.2, 0) is 6.61 Å². The fraction of sp³-hybridized carbons (Fsp3) is 0.0323. The minimum absolute atomic E-state index is 0.0367. The van der Waals surface area contributed by atoms with Gasteiger partial charge in [0.15, 0.2) is 5.76 Å². The molecule has 2 aromatic heterocycles. The lowest BCUT2D eigenvalue weighted by Gasteiger charge is -2.11.